The van der Waals surface area contributed by atoms with Crippen molar-refractivity contribution < 1.29 is 5.11 Å². The van der Waals surface area contributed by atoms with Crippen LogP contribution in [0.25, 0.3) is 27.3 Å². The summed E-state index contributed by atoms with van der Waals surface area (Å²) in [5.41, 5.74) is 3.15. The zero-order valence-corrected chi connectivity index (χ0v) is 17.9. The zero-order chi connectivity index (χ0) is 21.1. The molecule has 4 aromatic rings. The Morgan fingerprint density at radius 3 is 2.55 bits per heavy atom. The van der Waals surface area contributed by atoms with Crippen molar-refractivity contribution in [3.05, 3.63) is 46.4 Å². The average molecular weight is 395 g/mol. The minimum atomic E-state index is -0.0794. The molecule has 0 atom stereocenters. The number of aryl methyl sites for hydroxylation is 1. The Morgan fingerprint density at radius 2 is 1.86 bits per heavy atom. The molecule has 0 fully saturated rings. The van der Waals surface area contributed by atoms with E-state index in [-0.39, 0.29) is 11.2 Å². The number of rotatable bonds is 6. The summed E-state index contributed by atoms with van der Waals surface area (Å²) in [6, 6.07) is 8.82. The minimum absolute atomic E-state index is 0.0794. The molecule has 0 radical (unpaired) electrons. The molecule has 0 aliphatic rings. The van der Waals surface area contributed by atoms with Crippen molar-refractivity contribution in [2.24, 2.45) is 0 Å². The fourth-order valence-electron chi connectivity index (χ4n) is 3.88. The lowest BCUT2D eigenvalue weighted by Gasteiger charge is -2.19. The Hall–Kier alpha value is -2.86. The van der Waals surface area contributed by atoms with Gasteiger partial charge < -0.3 is 15.3 Å². The van der Waals surface area contributed by atoms with Crippen molar-refractivity contribution in [3.63, 3.8) is 0 Å². The predicted molar refractivity (Wildman–Crippen MR) is 122 cm³/mol. The van der Waals surface area contributed by atoms with E-state index in [0.717, 1.165) is 54.2 Å². The molecule has 0 amide bonds. The molecule has 2 N–H and O–H groups in total. The van der Waals surface area contributed by atoms with Crippen molar-refractivity contribution in [1.29, 1.82) is 0 Å². The molecule has 4 rings (SSSR count). The Kier molecular flexibility index (Phi) is 6.23. The predicted octanol–water partition coefficient (Wildman–Crippen LogP) is 4.23. The summed E-state index contributed by atoms with van der Waals surface area (Å²) in [4.78, 5) is 20.2. The summed E-state index contributed by atoms with van der Waals surface area (Å²) in [6.45, 7) is 13.9. The smallest absolute Gasteiger partial charge is 0.199 e. The van der Waals surface area contributed by atoms with E-state index in [1.165, 1.54) is 0 Å². The highest BCUT2D eigenvalue weighted by molar-refractivity contribution is 6.07. The second-order valence-electron chi connectivity index (χ2n) is 6.83. The van der Waals surface area contributed by atoms with Crippen molar-refractivity contribution in [3.8, 4) is 5.75 Å². The summed E-state index contributed by atoms with van der Waals surface area (Å²) < 4.78 is 2.01. The molecule has 2 aromatic heterocycles. The maximum Gasteiger partial charge on any atom is 0.199 e. The van der Waals surface area contributed by atoms with Crippen LogP contribution in [-0.4, -0.2) is 45.6 Å². The van der Waals surface area contributed by atoms with Gasteiger partial charge in [-0.05, 0) is 50.3 Å². The summed E-state index contributed by atoms with van der Waals surface area (Å²) in [6.07, 6.45) is 0. The molecule has 2 heterocycles. The van der Waals surface area contributed by atoms with Gasteiger partial charge in [0.2, 0.25) is 0 Å². The van der Waals surface area contributed by atoms with Crippen molar-refractivity contribution in [1.82, 2.24) is 14.3 Å². The van der Waals surface area contributed by atoms with Crippen LogP contribution < -0.4 is 10.7 Å². The Bertz CT molecular complexity index is 1180. The molecule has 0 spiro atoms. The first-order chi connectivity index (χ1) is 14.0. The number of aromatic nitrogens is 2. The number of anilines is 1. The second kappa shape index (κ2) is 8.66. The van der Waals surface area contributed by atoms with Gasteiger partial charge in [-0.25, -0.2) is 4.98 Å². The van der Waals surface area contributed by atoms with Crippen molar-refractivity contribution in [2.45, 2.75) is 34.6 Å². The van der Waals surface area contributed by atoms with Gasteiger partial charge in [0.1, 0.15) is 11.6 Å². The van der Waals surface area contributed by atoms with Gasteiger partial charge in [0.15, 0.2) is 5.43 Å². The number of fused-ring (bicyclic) bond motifs is 2. The van der Waals surface area contributed by atoms with Crippen LogP contribution in [0.1, 0.15) is 33.5 Å². The van der Waals surface area contributed by atoms with E-state index in [0.29, 0.717) is 10.8 Å². The highest BCUT2D eigenvalue weighted by atomic mass is 16.3. The highest BCUT2D eigenvalue weighted by Gasteiger charge is 2.18. The van der Waals surface area contributed by atoms with Crippen molar-refractivity contribution >= 4 is 33.0 Å². The van der Waals surface area contributed by atoms with Crippen LogP contribution >= 0.6 is 0 Å². The minimum Gasteiger partial charge on any atom is -0.508 e. The normalized spacial score (nSPS) is 11.4. The third kappa shape index (κ3) is 3.60. The highest BCUT2D eigenvalue weighted by Crippen LogP contribution is 2.30. The van der Waals surface area contributed by atoms with Crippen molar-refractivity contribution in [2.75, 3.05) is 31.5 Å². The Morgan fingerprint density at radius 1 is 1.14 bits per heavy atom. The Labute approximate surface area is 171 Å². The molecular formula is C23H30N4O2. The van der Waals surface area contributed by atoms with E-state index in [4.69, 9.17) is 0 Å². The maximum atomic E-state index is 13.3. The molecule has 0 saturated heterocycles. The number of phenols is 1. The van der Waals surface area contributed by atoms with E-state index in [9.17, 15) is 9.90 Å². The molecule has 29 heavy (non-hydrogen) atoms. The average Bonchev–Trinajstić information content (AvgIpc) is 3.07. The molecule has 6 nitrogen and oxygen atoms in total. The van der Waals surface area contributed by atoms with Gasteiger partial charge in [-0.3, -0.25) is 9.20 Å². The van der Waals surface area contributed by atoms with Crippen LogP contribution in [0, 0.1) is 6.92 Å². The summed E-state index contributed by atoms with van der Waals surface area (Å²) in [5.74, 6) is 0.914. The first-order valence-corrected chi connectivity index (χ1v) is 10.4. The van der Waals surface area contributed by atoms with Gasteiger partial charge >= 0.3 is 0 Å². The van der Waals surface area contributed by atoms with Crippen LogP contribution in [-0.2, 0) is 0 Å². The van der Waals surface area contributed by atoms with E-state index in [1.54, 1.807) is 18.2 Å². The van der Waals surface area contributed by atoms with Gasteiger partial charge in [0.25, 0.3) is 0 Å². The number of nitrogens with zero attached hydrogens (tertiary/aromatic N) is 3. The molecule has 0 aliphatic heterocycles. The first kappa shape index (κ1) is 20.9. The topological polar surface area (TPSA) is 69.9 Å². The molecule has 0 aliphatic carbocycles. The van der Waals surface area contributed by atoms with Gasteiger partial charge in [-0.2, -0.15) is 0 Å². The van der Waals surface area contributed by atoms with E-state index < -0.39 is 0 Å². The number of imidazole rings is 1. The van der Waals surface area contributed by atoms with Gasteiger partial charge in [0, 0.05) is 18.8 Å². The SMILES string of the molecule is CC.CCN(CC)CCNc1ccc2nc(C)n3c4ccc(O)cc4c(=O)c1c23. The molecule has 2 aromatic carbocycles. The lowest BCUT2D eigenvalue weighted by molar-refractivity contribution is 0.316. The molecule has 6 heteroatoms. The number of benzene rings is 2. The molecule has 0 unspecified atom stereocenters. The van der Waals surface area contributed by atoms with Crippen LogP contribution in [0.15, 0.2) is 35.1 Å². The zero-order valence-electron chi connectivity index (χ0n) is 17.9. The monoisotopic (exact) mass is 394 g/mol. The first-order valence-electron chi connectivity index (χ1n) is 10.4. The van der Waals surface area contributed by atoms with Gasteiger partial charge in [0.05, 0.1) is 27.3 Å². The lowest BCUT2D eigenvalue weighted by atomic mass is 10.1. The van der Waals surface area contributed by atoms with E-state index in [1.807, 2.05) is 37.3 Å². The number of pyridine rings is 1. The second-order valence-corrected chi connectivity index (χ2v) is 6.83. The summed E-state index contributed by atoms with van der Waals surface area (Å²) >= 11 is 0. The van der Waals surface area contributed by atoms with E-state index in [2.05, 4.69) is 29.0 Å². The maximum absolute atomic E-state index is 13.3. The number of phenolic OH excluding ortho intramolecular Hbond substituents is 1. The van der Waals surface area contributed by atoms with Gasteiger partial charge in [-0.15, -0.1) is 0 Å². The summed E-state index contributed by atoms with van der Waals surface area (Å²) in [7, 11) is 0. The van der Waals surface area contributed by atoms with E-state index >= 15 is 0 Å². The standard InChI is InChI=1S/C21H24N4O2.C2H6/c1-4-24(5-2)11-10-22-16-7-8-17-20-19(16)21(27)15-12-14(26)6-9-18(15)25(20)13(3)23-17;1-2/h6-9,12,22,26H,4-5,10-11H2,1-3H3;1-2H3. The number of likely N-dealkylation sites (N-methyl/N-ethyl adjacent to an activating group) is 1. The number of hydrogen-bond acceptors (Lipinski definition) is 5. The number of nitrogens with one attached hydrogen (secondary N) is 1. The fraction of sp³-hybridized carbons (Fsp3) is 0.391. The lowest BCUT2D eigenvalue weighted by Crippen LogP contribution is -2.28. The van der Waals surface area contributed by atoms with Gasteiger partial charge in [-0.1, -0.05) is 27.7 Å². The third-order valence-corrected chi connectivity index (χ3v) is 5.32. The third-order valence-electron chi connectivity index (χ3n) is 5.32. The molecular weight excluding hydrogens is 364 g/mol. The van der Waals surface area contributed by atoms with Crippen LogP contribution in [0.5, 0.6) is 5.75 Å². The summed E-state index contributed by atoms with van der Waals surface area (Å²) in [5, 5.41) is 14.5. The molecule has 0 bridgehead atoms. The number of hydrogen-bond donors (Lipinski definition) is 2. The quantitative estimate of drug-likeness (QED) is 0.479. The van der Waals surface area contributed by atoms with Crippen LogP contribution in [0.4, 0.5) is 5.69 Å². The Balaban J connectivity index is 0.00000117. The van der Waals surface area contributed by atoms with Crippen LogP contribution in [0.3, 0.4) is 0 Å². The largest absolute Gasteiger partial charge is 0.508 e. The van der Waals surface area contributed by atoms with Crippen LogP contribution in [0.2, 0.25) is 0 Å². The molecule has 154 valence electrons. The number of aromatic hydroxyl groups is 1. The molecule has 0 saturated carbocycles. The fourth-order valence-corrected chi connectivity index (χ4v) is 3.88.